The van der Waals surface area contributed by atoms with E-state index in [-0.39, 0.29) is 11.7 Å². The van der Waals surface area contributed by atoms with Crippen molar-refractivity contribution in [3.05, 3.63) is 76.9 Å². The molecule has 30 heavy (non-hydrogen) atoms. The first kappa shape index (κ1) is 20.7. The second-order valence-electron chi connectivity index (χ2n) is 8.76. The number of phenols is 1. The van der Waals surface area contributed by atoms with Crippen LogP contribution in [0.2, 0.25) is 0 Å². The van der Waals surface area contributed by atoms with Crippen molar-refractivity contribution in [1.29, 1.82) is 0 Å². The van der Waals surface area contributed by atoms with Gasteiger partial charge >= 0.3 is 0 Å². The molecule has 4 nitrogen and oxygen atoms in total. The molecule has 158 valence electrons. The van der Waals surface area contributed by atoms with E-state index in [9.17, 15) is 9.90 Å². The molecule has 2 unspecified atom stereocenters. The van der Waals surface area contributed by atoms with Gasteiger partial charge in [-0.3, -0.25) is 4.79 Å². The molecule has 2 aromatic carbocycles. The summed E-state index contributed by atoms with van der Waals surface area (Å²) in [6.07, 6.45) is 6.63. The van der Waals surface area contributed by atoms with Crippen molar-refractivity contribution in [3.63, 3.8) is 0 Å². The minimum Gasteiger partial charge on any atom is -0.508 e. The van der Waals surface area contributed by atoms with Gasteiger partial charge < -0.3 is 15.3 Å². The number of carbonyl (C=O) groups is 1. The summed E-state index contributed by atoms with van der Waals surface area (Å²) in [5.74, 6) is 0.702. The summed E-state index contributed by atoms with van der Waals surface area (Å²) in [4.78, 5) is 14.7. The molecule has 0 bridgehead atoms. The number of phenolic OH excluding ortho intramolecular Hbond substituents is 1. The summed E-state index contributed by atoms with van der Waals surface area (Å²) in [6.45, 7) is 5.97. The Bertz CT molecular complexity index is 928. The monoisotopic (exact) mass is 404 g/mol. The third-order valence-electron chi connectivity index (χ3n) is 6.62. The summed E-state index contributed by atoms with van der Waals surface area (Å²) in [5.41, 5.74) is 4.91. The number of nitrogens with zero attached hydrogens (tertiary/aromatic N) is 1. The van der Waals surface area contributed by atoms with Gasteiger partial charge in [-0.2, -0.15) is 0 Å². The standard InChI is InChI=1S/C26H32N2O2/c1-18-6-3-4-7-20(18)10-11-25-24(16-19(2)27-25)21-12-14-28(15-13-21)26(30)22-8-5-9-23(29)17-22/h3-9,16-17,19,21,25,27,29H,10-15H2,1-2H3. The van der Waals surface area contributed by atoms with Gasteiger partial charge in [-0.25, -0.2) is 0 Å². The van der Waals surface area contributed by atoms with E-state index in [1.54, 1.807) is 29.8 Å². The van der Waals surface area contributed by atoms with E-state index in [0.717, 1.165) is 38.8 Å². The summed E-state index contributed by atoms with van der Waals surface area (Å²) < 4.78 is 0. The molecule has 4 rings (SSSR count). The van der Waals surface area contributed by atoms with Gasteiger partial charge in [0.15, 0.2) is 0 Å². The zero-order valence-corrected chi connectivity index (χ0v) is 18.0. The molecule has 2 aliphatic heterocycles. The first-order valence-electron chi connectivity index (χ1n) is 11.1. The SMILES string of the molecule is Cc1ccccc1CCC1NC(C)C=C1C1CCN(C(=O)c2cccc(O)c2)CC1. The van der Waals surface area contributed by atoms with Crippen LogP contribution in [0.3, 0.4) is 0 Å². The van der Waals surface area contributed by atoms with Crippen LogP contribution < -0.4 is 5.32 Å². The first-order chi connectivity index (χ1) is 14.5. The molecule has 0 radical (unpaired) electrons. The van der Waals surface area contributed by atoms with E-state index in [4.69, 9.17) is 0 Å². The molecule has 2 aromatic rings. The van der Waals surface area contributed by atoms with E-state index < -0.39 is 0 Å². The fourth-order valence-corrected chi connectivity index (χ4v) is 4.96. The molecule has 0 saturated carbocycles. The van der Waals surface area contributed by atoms with Gasteiger partial charge in [-0.15, -0.1) is 0 Å². The second kappa shape index (κ2) is 9.05. The van der Waals surface area contributed by atoms with Gasteiger partial charge in [0.2, 0.25) is 0 Å². The Kier molecular flexibility index (Phi) is 6.24. The molecule has 4 heteroatoms. The van der Waals surface area contributed by atoms with Crippen LogP contribution in [0.25, 0.3) is 0 Å². The van der Waals surface area contributed by atoms with Crippen molar-refractivity contribution < 1.29 is 9.90 Å². The molecule has 1 saturated heterocycles. The number of aryl methyl sites for hydroxylation is 2. The van der Waals surface area contributed by atoms with Crippen molar-refractivity contribution in [2.24, 2.45) is 5.92 Å². The maximum absolute atomic E-state index is 12.8. The minimum absolute atomic E-state index is 0.0207. The number of hydrogen-bond acceptors (Lipinski definition) is 3. The highest BCUT2D eigenvalue weighted by Gasteiger charge is 2.32. The summed E-state index contributed by atoms with van der Waals surface area (Å²) in [5, 5.41) is 13.4. The lowest BCUT2D eigenvalue weighted by atomic mass is 9.84. The Balaban J connectivity index is 1.36. The molecule has 0 aliphatic carbocycles. The van der Waals surface area contributed by atoms with Crippen LogP contribution >= 0.6 is 0 Å². The van der Waals surface area contributed by atoms with Crippen molar-refractivity contribution in [1.82, 2.24) is 10.2 Å². The summed E-state index contributed by atoms with van der Waals surface area (Å²) in [7, 11) is 0. The Labute approximate surface area is 179 Å². The zero-order chi connectivity index (χ0) is 21.1. The molecule has 1 amide bonds. The molecule has 2 heterocycles. The number of amides is 1. The lowest BCUT2D eigenvalue weighted by Gasteiger charge is -2.34. The fourth-order valence-electron chi connectivity index (χ4n) is 4.96. The molecular weight excluding hydrogens is 372 g/mol. The van der Waals surface area contributed by atoms with E-state index in [1.165, 1.54) is 11.1 Å². The molecule has 0 spiro atoms. The van der Waals surface area contributed by atoms with Gasteiger partial charge in [0.1, 0.15) is 5.75 Å². The largest absolute Gasteiger partial charge is 0.508 e. The number of piperidine rings is 1. The van der Waals surface area contributed by atoms with Crippen LogP contribution in [-0.2, 0) is 6.42 Å². The number of likely N-dealkylation sites (tertiary alicyclic amines) is 1. The van der Waals surface area contributed by atoms with E-state index in [0.29, 0.717) is 23.6 Å². The number of benzene rings is 2. The van der Waals surface area contributed by atoms with Gasteiger partial charge in [-0.05, 0) is 74.8 Å². The summed E-state index contributed by atoms with van der Waals surface area (Å²) in [6, 6.07) is 16.2. The Hall–Kier alpha value is -2.59. The van der Waals surface area contributed by atoms with Crippen LogP contribution in [0.5, 0.6) is 5.75 Å². The predicted octanol–water partition coefficient (Wildman–Crippen LogP) is 4.47. The van der Waals surface area contributed by atoms with Crippen LogP contribution in [0.1, 0.15) is 47.7 Å². The quantitative estimate of drug-likeness (QED) is 0.723. The van der Waals surface area contributed by atoms with Crippen molar-refractivity contribution in [3.8, 4) is 5.75 Å². The number of hydrogen-bond donors (Lipinski definition) is 2. The Morgan fingerprint density at radius 1 is 1.13 bits per heavy atom. The zero-order valence-electron chi connectivity index (χ0n) is 18.0. The van der Waals surface area contributed by atoms with Crippen LogP contribution in [0.4, 0.5) is 0 Å². The van der Waals surface area contributed by atoms with Crippen molar-refractivity contribution in [2.75, 3.05) is 13.1 Å². The molecule has 2 aliphatic rings. The van der Waals surface area contributed by atoms with E-state index in [1.807, 2.05) is 4.90 Å². The number of rotatable bonds is 5. The van der Waals surface area contributed by atoms with Crippen LogP contribution in [-0.4, -0.2) is 41.1 Å². The van der Waals surface area contributed by atoms with Gasteiger partial charge in [-0.1, -0.05) is 42.0 Å². The van der Waals surface area contributed by atoms with Crippen molar-refractivity contribution >= 4 is 5.91 Å². The van der Waals surface area contributed by atoms with Crippen LogP contribution in [0, 0.1) is 12.8 Å². The van der Waals surface area contributed by atoms with E-state index in [2.05, 4.69) is 49.5 Å². The summed E-state index contributed by atoms with van der Waals surface area (Å²) >= 11 is 0. The Morgan fingerprint density at radius 2 is 1.90 bits per heavy atom. The Morgan fingerprint density at radius 3 is 2.63 bits per heavy atom. The van der Waals surface area contributed by atoms with Gasteiger partial charge in [0.25, 0.3) is 5.91 Å². The highest BCUT2D eigenvalue weighted by atomic mass is 16.3. The third kappa shape index (κ3) is 4.59. The van der Waals surface area contributed by atoms with Gasteiger partial charge in [0.05, 0.1) is 0 Å². The maximum atomic E-state index is 12.8. The number of nitrogens with one attached hydrogen (secondary N) is 1. The average Bonchev–Trinajstić information content (AvgIpc) is 3.13. The second-order valence-corrected chi connectivity index (χ2v) is 8.76. The molecule has 0 aromatic heterocycles. The highest BCUT2D eigenvalue weighted by Crippen LogP contribution is 2.32. The first-order valence-corrected chi connectivity index (χ1v) is 11.1. The molecule has 2 atom stereocenters. The van der Waals surface area contributed by atoms with E-state index >= 15 is 0 Å². The topological polar surface area (TPSA) is 52.6 Å². The smallest absolute Gasteiger partial charge is 0.253 e. The molecular formula is C26H32N2O2. The van der Waals surface area contributed by atoms with Crippen LogP contribution in [0.15, 0.2) is 60.2 Å². The third-order valence-corrected chi connectivity index (χ3v) is 6.62. The van der Waals surface area contributed by atoms with Crippen molar-refractivity contribution in [2.45, 2.75) is 51.6 Å². The predicted molar refractivity (Wildman–Crippen MR) is 121 cm³/mol. The lowest BCUT2D eigenvalue weighted by molar-refractivity contribution is 0.0700. The van der Waals surface area contributed by atoms with Gasteiger partial charge in [0, 0.05) is 30.7 Å². The maximum Gasteiger partial charge on any atom is 0.253 e. The fraction of sp³-hybridized carbons (Fsp3) is 0.423. The minimum atomic E-state index is 0.0207. The molecule has 2 N–H and O–H groups in total. The number of aromatic hydroxyl groups is 1. The molecule has 1 fully saturated rings. The highest BCUT2D eigenvalue weighted by molar-refractivity contribution is 5.94. The number of carbonyl (C=O) groups excluding carboxylic acids is 1. The average molecular weight is 405 g/mol. The lowest BCUT2D eigenvalue weighted by Crippen LogP contribution is -2.40. The normalized spacial score (nSPS) is 22.2.